The number of carbonyl (C=O) groups excluding carboxylic acids is 1. The van der Waals surface area contributed by atoms with Crippen LogP contribution in [0.15, 0.2) is 0 Å². The van der Waals surface area contributed by atoms with E-state index in [4.69, 9.17) is 5.73 Å². The Morgan fingerprint density at radius 1 is 1.62 bits per heavy atom. The van der Waals surface area contributed by atoms with E-state index in [0.29, 0.717) is 6.54 Å². The molecule has 1 amide bonds. The molecular formula is C9H18N2O2. The summed E-state index contributed by atoms with van der Waals surface area (Å²) in [5, 5.41) is 9.32. The molecule has 1 rings (SSSR count). The first-order valence-electron chi connectivity index (χ1n) is 4.74. The molecule has 76 valence electrons. The molecule has 1 aliphatic heterocycles. The minimum Gasteiger partial charge on any atom is -0.393 e. The number of hydrogen-bond donors (Lipinski definition) is 2. The van der Waals surface area contributed by atoms with Crippen LogP contribution in [0.3, 0.4) is 0 Å². The zero-order valence-corrected chi connectivity index (χ0v) is 8.23. The van der Waals surface area contributed by atoms with Crippen LogP contribution >= 0.6 is 0 Å². The van der Waals surface area contributed by atoms with Crippen molar-refractivity contribution in [3.05, 3.63) is 0 Å². The lowest BCUT2D eigenvalue weighted by Crippen LogP contribution is -2.41. The largest absolute Gasteiger partial charge is 0.393 e. The van der Waals surface area contributed by atoms with Gasteiger partial charge in [0.15, 0.2) is 0 Å². The van der Waals surface area contributed by atoms with Gasteiger partial charge in [0, 0.05) is 19.0 Å². The summed E-state index contributed by atoms with van der Waals surface area (Å²) < 4.78 is 0. The second kappa shape index (κ2) is 4.07. The second-order valence-electron chi connectivity index (χ2n) is 3.86. The summed E-state index contributed by atoms with van der Waals surface area (Å²) in [6.07, 6.45) is 0.557. The molecule has 1 heterocycles. The van der Waals surface area contributed by atoms with Crippen LogP contribution in [0.5, 0.6) is 0 Å². The van der Waals surface area contributed by atoms with Gasteiger partial charge in [-0.05, 0) is 20.3 Å². The summed E-state index contributed by atoms with van der Waals surface area (Å²) in [5.41, 5.74) is 5.48. The molecular weight excluding hydrogens is 168 g/mol. The standard InChI is InChI=1S/C9H18N2O2/c1-6(10)9(13)11-4-3-8(5-11)7(2)12/h6-8,12H,3-5,10H2,1-2H3. The molecule has 4 nitrogen and oxygen atoms in total. The molecule has 0 spiro atoms. The summed E-state index contributed by atoms with van der Waals surface area (Å²) in [6, 6.07) is -0.423. The van der Waals surface area contributed by atoms with Crippen LogP contribution < -0.4 is 5.73 Å². The highest BCUT2D eigenvalue weighted by Gasteiger charge is 2.29. The molecule has 0 radical (unpaired) electrons. The van der Waals surface area contributed by atoms with E-state index in [1.165, 1.54) is 0 Å². The van der Waals surface area contributed by atoms with Crippen molar-refractivity contribution in [2.24, 2.45) is 11.7 Å². The van der Waals surface area contributed by atoms with Crippen LogP contribution in [0.2, 0.25) is 0 Å². The van der Waals surface area contributed by atoms with E-state index in [1.54, 1.807) is 18.7 Å². The fourth-order valence-corrected chi connectivity index (χ4v) is 1.67. The molecule has 0 aromatic rings. The number of aliphatic hydroxyl groups is 1. The molecule has 0 saturated carbocycles. The van der Waals surface area contributed by atoms with Gasteiger partial charge in [-0.1, -0.05) is 0 Å². The van der Waals surface area contributed by atoms with E-state index >= 15 is 0 Å². The first kappa shape index (κ1) is 10.5. The van der Waals surface area contributed by atoms with Gasteiger partial charge in [-0.15, -0.1) is 0 Å². The Morgan fingerprint density at radius 3 is 2.62 bits per heavy atom. The average molecular weight is 186 g/mol. The summed E-state index contributed by atoms with van der Waals surface area (Å²) in [5.74, 6) is 0.214. The molecule has 1 saturated heterocycles. The summed E-state index contributed by atoms with van der Waals surface area (Å²) >= 11 is 0. The topological polar surface area (TPSA) is 66.6 Å². The molecule has 3 N–H and O–H groups in total. The quantitative estimate of drug-likeness (QED) is 0.614. The van der Waals surface area contributed by atoms with Gasteiger partial charge in [0.1, 0.15) is 0 Å². The molecule has 0 aromatic heterocycles. The number of hydrogen-bond acceptors (Lipinski definition) is 3. The Bertz CT molecular complexity index is 192. The highest BCUT2D eigenvalue weighted by molar-refractivity contribution is 5.81. The maximum absolute atomic E-state index is 11.4. The molecule has 0 aliphatic carbocycles. The molecule has 1 aliphatic rings. The molecule has 3 unspecified atom stereocenters. The number of carbonyl (C=O) groups is 1. The van der Waals surface area contributed by atoms with Gasteiger partial charge in [-0.25, -0.2) is 0 Å². The van der Waals surface area contributed by atoms with Crippen LogP contribution in [-0.4, -0.2) is 41.1 Å². The van der Waals surface area contributed by atoms with E-state index < -0.39 is 6.04 Å². The fraction of sp³-hybridized carbons (Fsp3) is 0.889. The molecule has 4 heteroatoms. The second-order valence-corrected chi connectivity index (χ2v) is 3.86. The van der Waals surface area contributed by atoms with Gasteiger partial charge < -0.3 is 15.7 Å². The Balaban J connectivity index is 2.45. The smallest absolute Gasteiger partial charge is 0.239 e. The van der Waals surface area contributed by atoms with E-state index in [0.717, 1.165) is 13.0 Å². The minimum atomic E-state index is -0.423. The van der Waals surface area contributed by atoms with Crippen molar-refractivity contribution < 1.29 is 9.90 Å². The van der Waals surface area contributed by atoms with E-state index in [9.17, 15) is 9.90 Å². The highest BCUT2D eigenvalue weighted by Crippen LogP contribution is 2.19. The third kappa shape index (κ3) is 2.42. The number of nitrogens with zero attached hydrogens (tertiary/aromatic N) is 1. The molecule has 1 fully saturated rings. The lowest BCUT2D eigenvalue weighted by molar-refractivity contribution is -0.131. The van der Waals surface area contributed by atoms with Gasteiger partial charge in [0.05, 0.1) is 12.1 Å². The predicted octanol–water partition coefficient (Wildman–Crippen LogP) is -0.437. The Labute approximate surface area is 78.7 Å². The van der Waals surface area contributed by atoms with E-state index in [-0.39, 0.29) is 17.9 Å². The number of aliphatic hydroxyl groups excluding tert-OH is 1. The van der Waals surface area contributed by atoms with Gasteiger partial charge in [-0.2, -0.15) is 0 Å². The fourth-order valence-electron chi connectivity index (χ4n) is 1.67. The van der Waals surface area contributed by atoms with Crippen LogP contribution in [0.1, 0.15) is 20.3 Å². The molecule has 3 atom stereocenters. The number of amides is 1. The summed E-state index contributed by atoms with van der Waals surface area (Å²) in [6.45, 7) is 4.84. The highest BCUT2D eigenvalue weighted by atomic mass is 16.3. The maximum atomic E-state index is 11.4. The normalized spacial score (nSPS) is 27.4. The third-order valence-electron chi connectivity index (χ3n) is 2.61. The van der Waals surface area contributed by atoms with E-state index in [1.807, 2.05) is 0 Å². The van der Waals surface area contributed by atoms with Gasteiger partial charge in [0.2, 0.25) is 5.91 Å². The Morgan fingerprint density at radius 2 is 2.23 bits per heavy atom. The number of rotatable bonds is 2. The average Bonchev–Trinajstić information content (AvgIpc) is 2.50. The van der Waals surface area contributed by atoms with Gasteiger partial charge >= 0.3 is 0 Å². The predicted molar refractivity (Wildman–Crippen MR) is 50.0 cm³/mol. The van der Waals surface area contributed by atoms with Crippen molar-refractivity contribution in [2.75, 3.05) is 13.1 Å². The molecule has 0 aromatic carbocycles. The number of nitrogens with two attached hydrogens (primary N) is 1. The van der Waals surface area contributed by atoms with Crippen molar-refractivity contribution in [3.63, 3.8) is 0 Å². The first-order chi connectivity index (χ1) is 6.02. The Hall–Kier alpha value is -0.610. The monoisotopic (exact) mass is 186 g/mol. The van der Waals surface area contributed by atoms with Crippen LogP contribution in [0, 0.1) is 5.92 Å². The zero-order valence-electron chi connectivity index (χ0n) is 8.23. The first-order valence-corrected chi connectivity index (χ1v) is 4.74. The van der Waals surface area contributed by atoms with Crippen LogP contribution in [0.25, 0.3) is 0 Å². The van der Waals surface area contributed by atoms with Crippen molar-refractivity contribution in [1.82, 2.24) is 4.90 Å². The van der Waals surface area contributed by atoms with Crippen molar-refractivity contribution in [3.8, 4) is 0 Å². The van der Waals surface area contributed by atoms with Crippen molar-refractivity contribution >= 4 is 5.91 Å². The van der Waals surface area contributed by atoms with Crippen molar-refractivity contribution in [2.45, 2.75) is 32.4 Å². The van der Waals surface area contributed by atoms with Gasteiger partial charge in [0.25, 0.3) is 0 Å². The van der Waals surface area contributed by atoms with Gasteiger partial charge in [-0.3, -0.25) is 4.79 Å². The summed E-state index contributed by atoms with van der Waals surface area (Å²) in [7, 11) is 0. The van der Waals surface area contributed by atoms with E-state index in [2.05, 4.69) is 0 Å². The maximum Gasteiger partial charge on any atom is 0.239 e. The lowest BCUT2D eigenvalue weighted by atomic mass is 10.0. The van der Waals surface area contributed by atoms with Crippen molar-refractivity contribution in [1.29, 1.82) is 0 Å². The minimum absolute atomic E-state index is 0.0110. The zero-order chi connectivity index (χ0) is 10.0. The van der Waals surface area contributed by atoms with Crippen LogP contribution in [-0.2, 0) is 4.79 Å². The van der Waals surface area contributed by atoms with Crippen LogP contribution in [0.4, 0.5) is 0 Å². The summed E-state index contributed by atoms with van der Waals surface area (Å²) in [4.78, 5) is 13.2. The third-order valence-corrected chi connectivity index (χ3v) is 2.61. The molecule has 13 heavy (non-hydrogen) atoms. The SMILES string of the molecule is CC(N)C(=O)N1CCC(C(C)O)C1. The number of likely N-dealkylation sites (tertiary alicyclic amines) is 1. The lowest BCUT2D eigenvalue weighted by Gasteiger charge is -2.19. The Kier molecular flexibility index (Phi) is 3.27. The molecule has 0 bridgehead atoms.